The number of aliphatic hydroxyl groups excluding tert-OH is 1. The summed E-state index contributed by atoms with van der Waals surface area (Å²) in [7, 11) is 0. The Morgan fingerprint density at radius 3 is 1.89 bits per heavy atom. The van der Waals surface area contributed by atoms with Crippen LogP contribution in [0.15, 0.2) is 24.3 Å². The zero-order valence-corrected chi connectivity index (χ0v) is 22.6. The molecule has 3 amide bonds. The zero-order chi connectivity index (χ0) is 27.7. The molecule has 0 saturated heterocycles. The molecule has 0 spiro atoms. The summed E-state index contributed by atoms with van der Waals surface area (Å²) < 4.78 is 10.6. The molecule has 0 fully saturated rings. The first kappa shape index (κ1) is 30.9. The number of amides is 3. The summed E-state index contributed by atoms with van der Waals surface area (Å²) in [5.41, 5.74) is -0.299. The van der Waals surface area contributed by atoms with E-state index in [9.17, 15) is 24.3 Å². The van der Waals surface area contributed by atoms with E-state index in [0.29, 0.717) is 11.3 Å². The summed E-state index contributed by atoms with van der Waals surface area (Å²) in [5, 5.41) is 17.1. The maximum absolute atomic E-state index is 13.1. The van der Waals surface area contributed by atoms with E-state index in [-0.39, 0.29) is 25.4 Å². The highest BCUT2D eigenvalue weighted by Gasteiger charge is 2.31. The van der Waals surface area contributed by atoms with Crippen molar-refractivity contribution in [1.82, 2.24) is 10.6 Å². The lowest BCUT2D eigenvalue weighted by Gasteiger charge is -2.27. The number of anilines is 1. The molecule has 0 aliphatic carbocycles. The second-order valence-electron chi connectivity index (χ2n) is 10.9. The Hall–Kier alpha value is -3.14. The van der Waals surface area contributed by atoms with Crippen LogP contribution in [0.5, 0.6) is 0 Å². The fourth-order valence-electron chi connectivity index (χ4n) is 3.08. The first-order chi connectivity index (χ1) is 16.5. The molecule has 2 atom stereocenters. The Bertz CT molecular complexity index is 900. The molecule has 0 aliphatic rings. The van der Waals surface area contributed by atoms with Crippen molar-refractivity contribution in [3.8, 4) is 0 Å². The van der Waals surface area contributed by atoms with Crippen molar-refractivity contribution < 1.29 is 33.8 Å². The van der Waals surface area contributed by atoms with Crippen LogP contribution in [0, 0.1) is 5.92 Å². The minimum Gasteiger partial charge on any atom is -0.460 e. The highest BCUT2D eigenvalue weighted by molar-refractivity contribution is 5.98. The predicted molar refractivity (Wildman–Crippen MR) is 136 cm³/mol. The number of rotatable bonds is 10. The summed E-state index contributed by atoms with van der Waals surface area (Å²) in [6.45, 7) is 13.7. The molecular formula is C26H41N3O7. The van der Waals surface area contributed by atoms with Gasteiger partial charge in [0.15, 0.2) is 0 Å². The first-order valence-electron chi connectivity index (χ1n) is 12.0. The Labute approximate surface area is 213 Å². The second kappa shape index (κ2) is 13.2. The van der Waals surface area contributed by atoms with Crippen molar-refractivity contribution in [3.63, 3.8) is 0 Å². The largest absolute Gasteiger partial charge is 0.460 e. The molecule has 0 saturated carbocycles. The molecule has 10 heteroatoms. The van der Waals surface area contributed by atoms with Crippen LogP contribution in [-0.2, 0) is 30.5 Å². The van der Waals surface area contributed by atoms with Gasteiger partial charge < -0.3 is 30.5 Å². The average molecular weight is 508 g/mol. The number of alkyl carbamates (subject to hydrolysis) is 1. The smallest absolute Gasteiger partial charge is 0.408 e. The van der Waals surface area contributed by atoms with Crippen molar-refractivity contribution in [2.45, 2.75) is 98.1 Å². The fourth-order valence-corrected chi connectivity index (χ4v) is 3.08. The number of hydrogen-bond acceptors (Lipinski definition) is 7. The van der Waals surface area contributed by atoms with Crippen molar-refractivity contribution in [1.29, 1.82) is 0 Å². The maximum atomic E-state index is 13.1. The topological polar surface area (TPSA) is 143 Å². The predicted octanol–water partition coefficient (Wildman–Crippen LogP) is 3.27. The number of nitrogens with one attached hydrogen (secondary N) is 3. The van der Waals surface area contributed by atoms with Crippen LogP contribution in [0.25, 0.3) is 0 Å². The third-order valence-corrected chi connectivity index (χ3v) is 4.72. The molecule has 4 N–H and O–H groups in total. The monoisotopic (exact) mass is 507 g/mol. The van der Waals surface area contributed by atoms with E-state index in [1.54, 1.807) is 79.7 Å². The van der Waals surface area contributed by atoms with Gasteiger partial charge in [-0.25, -0.2) is 4.79 Å². The van der Waals surface area contributed by atoms with E-state index in [1.165, 1.54) is 0 Å². The van der Waals surface area contributed by atoms with Gasteiger partial charge in [-0.2, -0.15) is 0 Å². The molecule has 0 aromatic heterocycles. The number of carbonyl (C=O) groups is 4. The molecule has 0 heterocycles. The summed E-state index contributed by atoms with van der Waals surface area (Å²) in [4.78, 5) is 50.7. The lowest BCUT2D eigenvalue weighted by molar-refractivity contribution is -0.155. The van der Waals surface area contributed by atoms with E-state index in [4.69, 9.17) is 9.47 Å². The summed E-state index contributed by atoms with van der Waals surface area (Å²) in [5.74, 6) is -1.94. The Balaban J connectivity index is 3.02. The Morgan fingerprint density at radius 2 is 1.42 bits per heavy atom. The molecule has 1 rings (SSSR count). The van der Waals surface area contributed by atoms with Crippen molar-refractivity contribution >= 4 is 29.6 Å². The van der Waals surface area contributed by atoms with Crippen LogP contribution < -0.4 is 16.0 Å². The highest BCUT2D eigenvalue weighted by Crippen LogP contribution is 2.14. The average Bonchev–Trinajstić information content (AvgIpc) is 2.72. The van der Waals surface area contributed by atoms with E-state index in [2.05, 4.69) is 16.0 Å². The van der Waals surface area contributed by atoms with Crippen LogP contribution in [0.3, 0.4) is 0 Å². The van der Waals surface area contributed by atoms with Gasteiger partial charge >= 0.3 is 12.1 Å². The molecule has 0 bridgehead atoms. The van der Waals surface area contributed by atoms with Gasteiger partial charge in [0, 0.05) is 12.1 Å². The van der Waals surface area contributed by atoms with Gasteiger partial charge in [0.05, 0.1) is 6.61 Å². The van der Waals surface area contributed by atoms with Crippen molar-refractivity contribution in [2.75, 3.05) is 5.32 Å². The summed E-state index contributed by atoms with van der Waals surface area (Å²) >= 11 is 0. The van der Waals surface area contributed by atoms with E-state index >= 15 is 0 Å². The van der Waals surface area contributed by atoms with Crippen LogP contribution in [0.1, 0.15) is 73.8 Å². The SMILES string of the molecule is CC(C)[C@H](NC(=O)OC(C)(C)C)C(=O)NC(CCC(=O)OC(C)(C)C)C(=O)Nc1ccc(CO)cc1. The van der Waals surface area contributed by atoms with Gasteiger partial charge in [0.1, 0.15) is 23.3 Å². The van der Waals surface area contributed by atoms with E-state index < -0.39 is 47.2 Å². The number of benzene rings is 1. The Morgan fingerprint density at radius 1 is 0.861 bits per heavy atom. The Kier molecular flexibility index (Phi) is 11.4. The van der Waals surface area contributed by atoms with E-state index in [0.717, 1.165) is 0 Å². The number of ether oxygens (including phenoxy) is 2. The van der Waals surface area contributed by atoms with Gasteiger partial charge in [-0.05, 0) is 71.6 Å². The zero-order valence-electron chi connectivity index (χ0n) is 22.6. The van der Waals surface area contributed by atoms with Crippen LogP contribution in [0.2, 0.25) is 0 Å². The molecular weight excluding hydrogens is 466 g/mol. The third-order valence-electron chi connectivity index (χ3n) is 4.72. The minimum absolute atomic E-state index is 0.0154. The van der Waals surface area contributed by atoms with Crippen LogP contribution in [0.4, 0.5) is 10.5 Å². The summed E-state index contributed by atoms with van der Waals surface area (Å²) in [6, 6.07) is 4.51. The van der Waals surface area contributed by atoms with Gasteiger partial charge in [-0.15, -0.1) is 0 Å². The van der Waals surface area contributed by atoms with Gasteiger partial charge in [-0.1, -0.05) is 26.0 Å². The number of hydrogen-bond donors (Lipinski definition) is 4. The quantitative estimate of drug-likeness (QED) is 0.356. The molecule has 1 aromatic rings. The number of carbonyl (C=O) groups excluding carboxylic acids is 4. The molecule has 0 radical (unpaired) electrons. The van der Waals surface area contributed by atoms with Gasteiger partial charge in [0.2, 0.25) is 11.8 Å². The minimum atomic E-state index is -1.08. The summed E-state index contributed by atoms with van der Waals surface area (Å²) in [6.07, 6.45) is -0.876. The third kappa shape index (κ3) is 12.0. The number of aliphatic hydroxyl groups is 1. The maximum Gasteiger partial charge on any atom is 0.408 e. The van der Waals surface area contributed by atoms with Crippen molar-refractivity contribution in [2.24, 2.45) is 5.92 Å². The van der Waals surface area contributed by atoms with E-state index in [1.807, 2.05) is 0 Å². The number of esters is 1. The fraction of sp³-hybridized carbons (Fsp3) is 0.615. The van der Waals surface area contributed by atoms with Crippen LogP contribution >= 0.6 is 0 Å². The molecule has 1 unspecified atom stereocenters. The van der Waals surface area contributed by atoms with Gasteiger partial charge in [0.25, 0.3) is 0 Å². The van der Waals surface area contributed by atoms with Crippen molar-refractivity contribution in [3.05, 3.63) is 29.8 Å². The molecule has 1 aromatic carbocycles. The normalized spacial score (nSPS) is 13.4. The standard InChI is InChI=1S/C26H41N3O7/c1-16(2)21(29-24(34)36-26(6,7)8)23(33)28-19(13-14-20(31)35-25(3,4)5)22(32)27-18-11-9-17(15-30)10-12-18/h9-12,16,19,21,30H,13-15H2,1-8H3,(H,27,32)(H,28,33)(H,29,34)/t19?,21-/m0/s1. The second-order valence-corrected chi connectivity index (χ2v) is 10.9. The highest BCUT2D eigenvalue weighted by atomic mass is 16.6. The van der Waals surface area contributed by atoms with Crippen LogP contribution in [-0.4, -0.2) is 52.3 Å². The lowest BCUT2D eigenvalue weighted by Crippen LogP contribution is -2.55. The molecule has 0 aliphatic heterocycles. The van der Waals surface area contributed by atoms with Gasteiger partial charge in [-0.3, -0.25) is 14.4 Å². The molecule has 10 nitrogen and oxygen atoms in total. The molecule has 202 valence electrons. The first-order valence-corrected chi connectivity index (χ1v) is 12.0. The molecule has 36 heavy (non-hydrogen) atoms. The lowest BCUT2D eigenvalue weighted by atomic mass is 10.0.